The predicted octanol–water partition coefficient (Wildman–Crippen LogP) is 3.93. The Morgan fingerprint density at radius 3 is 2.52 bits per heavy atom. The zero-order chi connectivity index (χ0) is 13.8. The minimum absolute atomic E-state index is 0. The standard InChI is InChI=1S/C16H19FN2O.ClH/c17-15-6-4-13(5-7-15)16-14(12-20-18-16)8-11-19-9-2-1-3-10-19;/h4-7,12H,1-3,8-11H2;1H. The van der Waals surface area contributed by atoms with E-state index in [2.05, 4.69) is 10.1 Å². The molecule has 1 fully saturated rings. The third-order valence-corrected chi connectivity index (χ3v) is 3.91. The van der Waals surface area contributed by atoms with Crippen molar-refractivity contribution in [2.24, 2.45) is 0 Å². The number of rotatable bonds is 4. The zero-order valence-electron chi connectivity index (χ0n) is 11.9. The van der Waals surface area contributed by atoms with Crippen LogP contribution in [-0.2, 0) is 6.42 Å². The van der Waals surface area contributed by atoms with E-state index in [0.717, 1.165) is 29.8 Å². The van der Waals surface area contributed by atoms with Gasteiger partial charge in [0.2, 0.25) is 0 Å². The van der Waals surface area contributed by atoms with Gasteiger partial charge in [0, 0.05) is 17.7 Å². The van der Waals surface area contributed by atoms with Crippen LogP contribution in [0.25, 0.3) is 11.3 Å². The maximum atomic E-state index is 13.0. The van der Waals surface area contributed by atoms with Gasteiger partial charge in [0.05, 0.1) is 0 Å². The van der Waals surface area contributed by atoms with Crippen molar-refractivity contribution in [2.75, 3.05) is 19.6 Å². The van der Waals surface area contributed by atoms with Crippen LogP contribution < -0.4 is 0 Å². The molecular formula is C16H20ClFN2O. The van der Waals surface area contributed by atoms with Crippen molar-refractivity contribution in [3.8, 4) is 11.3 Å². The molecule has 21 heavy (non-hydrogen) atoms. The van der Waals surface area contributed by atoms with E-state index in [1.165, 1.54) is 44.5 Å². The molecule has 2 heterocycles. The molecule has 0 spiro atoms. The first kappa shape index (κ1) is 16.0. The van der Waals surface area contributed by atoms with E-state index >= 15 is 0 Å². The number of likely N-dealkylation sites (tertiary alicyclic amines) is 1. The van der Waals surface area contributed by atoms with Crippen LogP contribution in [-0.4, -0.2) is 29.7 Å². The van der Waals surface area contributed by atoms with Gasteiger partial charge in [0.15, 0.2) is 0 Å². The van der Waals surface area contributed by atoms with E-state index in [1.807, 2.05) is 0 Å². The van der Waals surface area contributed by atoms with Gasteiger partial charge in [-0.3, -0.25) is 0 Å². The number of halogens is 2. The Labute approximate surface area is 130 Å². The van der Waals surface area contributed by atoms with Crippen LogP contribution in [0.5, 0.6) is 0 Å². The summed E-state index contributed by atoms with van der Waals surface area (Å²) in [7, 11) is 0. The van der Waals surface area contributed by atoms with E-state index in [1.54, 1.807) is 18.4 Å². The third kappa shape index (κ3) is 4.05. The number of nitrogens with zero attached hydrogens (tertiary/aromatic N) is 2. The Bertz CT molecular complexity index is 550. The molecule has 1 aliphatic heterocycles. The summed E-state index contributed by atoms with van der Waals surface area (Å²) >= 11 is 0. The molecule has 2 aromatic rings. The van der Waals surface area contributed by atoms with E-state index in [-0.39, 0.29) is 18.2 Å². The first-order chi connectivity index (χ1) is 9.83. The van der Waals surface area contributed by atoms with Gasteiger partial charge in [0.25, 0.3) is 0 Å². The van der Waals surface area contributed by atoms with Gasteiger partial charge in [-0.05, 0) is 56.6 Å². The molecule has 0 unspecified atom stereocenters. The maximum absolute atomic E-state index is 13.0. The topological polar surface area (TPSA) is 29.3 Å². The van der Waals surface area contributed by atoms with E-state index < -0.39 is 0 Å². The summed E-state index contributed by atoms with van der Waals surface area (Å²) in [5, 5.41) is 4.06. The molecule has 114 valence electrons. The molecule has 3 rings (SSSR count). The van der Waals surface area contributed by atoms with Crippen LogP contribution in [0.3, 0.4) is 0 Å². The molecule has 3 nitrogen and oxygen atoms in total. The monoisotopic (exact) mass is 310 g/mol. The highest BCUT2D eigenvalue weighted by Crippen LogP contribution is 2.23. The average Bonchev–Trinajstić information content (AvgIpc) is 2.95. The Hall–Kier alpha value is -1.39. The molecule has 1 aromatic carbocycles. The molecule has 0 aliphatic carbocycles. The summed E-state index contributed by atoms with van der Waals surface area (Å²) in [4.78, 5) is 2.49. The molecule has 0 radical (unpaired) electrons. The molecular weight excluding hydrogens is 291 g/mol. The van der Waals surface area contributed by atoms with Crippen molar-refractivity contribution in [2.45, 2.75) is 25.7 Å². The van der Waals surface area contributed by atoms with Gasteiger partial charge in [-0.15, -0.1) is 12.4 Å². The molecule has 0 atom stereocenters. The van der Waals surface area contributed by atoms with Crippen LogP contribution in [0, 0.1) is 5.82 Å². The summed E-state index contributed by atoms with van der Waals surface area (Å²) in [6, 6.07) is 6.41. The summed E-state index contributed by atoms with van der Waals surface area (Å²) < 4.78 is 18.1. The lowest BCUT2D eigenvalue weighted by Crippen LogP contribution is -2.31. The van der Waals surface area contributed by atoms with Gasteiger partial charge in [-0.1, -0.05) is 11.6 Å². The van der Waals surface area contributed by atoms with Crippen LogP contribution in [0.1, 0.15) is 24.8 Å². The average molecular weight is 311 g/mol. The second kappa shape index (κ2) is 7.57. The highest BCUT2D eigenvalue weighted by Gasteiger charge is 2.14. The summed E-state index contributed by atoms with van der Waals surface area (Å²) in [5.74, 6) is -0.230. The van der Waals surface area contributed by atoms with Crippen molar-refractivity contribution >= 4 is 12.4 Å². The fourth-order valence-corrected chi connectivity index (χ4v) is 2.74. The lowest BCUT2D eigenvalue weighted by atomic mass is 10.0. The Balaban J connectivity index is 0.00000161. The fraction of sp³-hybridized carbons (Fsp3) is 0.438. The first-order valence-electron chi connectivity index (χ1n) is 7.24. The van der Waals surface area contributed by atoms with Gasteiger partial charge in [0.1, 0.15) is 17.8 Å². The van der Waals surface area contributed by atoms with E-state index in [9.17, 15) is 4.39 Å². The largest absolute Gasteiger partial charge is 0.364 e. The van der Waals surface area contributed by atoms with Gasteiger partial charge < -0.3 is 9.42 Å². The molecule has 0 bridgehead atoms. The summed E-state index contributed by atoms with van der Waals surface area (Å²) in [6.45, 7) is 3.42. The molecule has 1 aromatic heterocycles. The SMILES string of the molecule is Cl.Fc1ccc(-c2nocc2CCN2CCCCC2)cc1. The molecule has 1 saturated heterocycles. The maximum Gasteiger partial charge on any atom is 0.127 e. The van der Waals surface area contributed by atoms with E-state index in [0.29, 0.717) is 0 Å². The minimum atomic E-state index is -0.230. The third-order valence-electron chi connectivity index (χ3n) is 3.91. The van der Waals surface area contributed by atoms with Crippen LogP contribution >= 0.6 is 12.4 Å². The minimum Gasteiger partial charge on any atom is -0.364 e. The predicted molar refractivity (Wildman–Crippen MR) is 83.1 cm³/mol. The lowest BCUT2D eigenvalue weighted by Gasteiger charge is -2.26. The van der Waals surface area contributed by atoms with Crippen molar-refractivity contribution in [1.29, 1.82) is 0 Å². The second-order valence-corrected chi connectivity index (χ2v) is 5.35. The zero-order valence-corrected chi connectivity index (χ0v) is 12.7. The van der Waals surface area contributed by atoms with Crippen LogP contribution in [0.2, 0.25) is 0 Å². The second-order valence-electron chi connectivity index (χ2n) is 5.35. The van der Waals surface area contributed by atoms with Gasteiger partial charge >= 0.3 is 0 Å². The molecule has 0 saturated carbocycles. The summed E-state index contributed by atoms with van der Waals surface area (Å²) in [5.41, 5.74) is 2.85. The number of hydrogen-bond donors (Lipinski definition) is 0. The smallest absolute Gasteiger partial charge is 0.127 e. The lowest BCUT2D eigenvalue weighted by molar-refractivity contribution is 0.231. The van der Waals surface area contributed by atoms with E-state index in [4.69, 9.17) is 4.52 Å². The van der Waals surface area contributed by atoms with Crippen molar-refractivity contribution in [1.82, 2.24) is 10.1 Å². The van der Waals surface area contributed by atoms with Gasteiger partial charge in [-0.25, -0.2) is 4.39 Å². The van der Waals surface area contributed by atoms with Crippen molar-refractivity contribution < 1.29 is 8.91 Å². The molecule has 0 N–H and O–H groups in total. The molecule has 0 amide bonds. The first-order valence-corrected chi connectivity index (χ1v) is 7.24. The highest BCUT2D eigenvalue weighted by atomic mass is 35.5. The van der Waals surface area contributed by atoms with Crippen molar-refractivity contribution in [3.05, 3.63) is 41.9 Å². The highest BCUT2D eigenvalue weighted by molar-refractivity contribution is 5.85. The number of piperidine rings is 1. The Kier molecular flexibility index (Phi) is 5.76. The quantitative estimate of drug-likeness (QED) is 0.857. The number of hydrogen-bond acceptors (Lipinski definition) is 3. The van der Waals surface area contributed by atoms with Gasteiger partial charge in [-0.2, -0.15) is 0 Å². The summed E-state index contributed by atoms with van der Waals surface area (Å²) in [6.07, 6.45) is 6.59. The Morgan fingerprint density at radius 2 is 1.81 bits per heavy atom. The van der Waals surface area contributed by atoms with Crippen molar-refractivity contribution in [3.63, 3.8) is 0 Å². The Morgan fingerprint density at radius 1 is 1.10 bits per heavy atom. The molecule has 1 aliphatic rings. The molecule has 5 heteroatoms. The number of aromatic nitrogens is 1. The normalized spacial score (nSPS) is 15.7. The van der Waals surface area contributed by atoms with Crippen LogP contribution in [0.4, 0.5) is 4.39 Å². The number of benzene rings is 1. The fourth-order valence-electron chi connectivity index (χ4n) is 2.74. The van der Waals surface area contributed by atoms with Crippen LogP contribution in [0.15, 0.2) is 35.1 Å².